The van der Waals surface area contributed by atoms with E-state index in [0.717, 1.165) is 19.3 Å². The largest absolute Gasteiger partial charge is 0.489 e. The highest BCUT2D eigenvalue weighted by molar-refractivity contribution is 7.89. The number of sulfonamides is 1. The summed E-state index contributed by atoms with van der Waals surface area (Å²) >= 11 is 0. The van der Waals surface area contributed by atoms with Gasteiger partial charge in [-0.05, 0) is 63.1 Å². The van der Waals surface area contributed by atoms with Gasteiger partial charge in [0.05, 0.1) is 22.9 Å². The van der Waals surface area contributed by atoms with Crippen LogP contribution in [0.1, 0.15) is 49.2 Å². The number of anilines is 1. The molecule has 1 N–H and O–H groups in total. The van der Waals surface area contributed by atoms with Gasteiger partial charge >= 0.3 is 0 Å². The van der Waals surface area contributed by atoms with E-state index in [0.29, 0.717) is 30.2 Å². The molecule has 1 aliphatic heterocycles. The van der Waals surface area contributed by atoms with Crippen LogP contribution in [0.2, 0.25) is 0 Å². The number of hydrogen-bond acceptors (Lipinski definition) is 6. The first-order valence-corrected chi connectivity index (χ1v) is 13.1. The second kappa shape index (κ2) is 11.0. The molecule has 186 valence electrons. The normalized spacial score (nSPS) is 14.6. The monoisotopic (exact) mass is 498 g/mol. The number of benzene rings is 2. The Morgan fingerprint density at radius 3 is 2.51 bits per heavy atom. The van der Waals surface area contributed by atoms with E-state index in [1.807, 2.05) is 44.2 Å². The van der Waals surface area contributed by atoms with Gasteiger partial charge in [0, 0.05) is 18.7 Å². The molecule has 0 radical (unpaired) electrons. The van der Waals surface area contributed by atoms with E-state index in [1.165, 1.54) is 22.7 Å². The van der Waals surface area contributed by atoms with E-state index >= 15 is 0 Å². The number of carbonyl (C=O) groups excluding carboxylic acids is 1. The molecule has 8 nitrogen and oxygen atoms in total. The maximum atomic E-state index is 13.2. The molecule has 1 aliphatic rings. The zero-order valence-corrected chi connectivity index (χ0v) is 20.7. The molecule has 0 unspecified atom stereocenters. The molecule has 35 heavy (non-hydrogen) atoms. The van der Waals surface area contributed by atoms with E-state index in [1.54, 1.807) is 12.1 Å². The quantitative estimate of drug-likeness (QED) is 0.442. The Hall–Kier alpha value is -3.30. The summed E-state index contributed by atoms with van der Waals surface area (Å²) in [7, 11) is -3.68. The minimum atomic E-state index is -3.68. The first-order valence-electron chi connectivity index (χ1n) is 11.7. The Morgan fingerprint density at radius 2 is 1.80 bits per heavy atom. The number of rotatable bonds is 9. The Kier molecular flexibility index (Phi) is 7.77. The Bertz CT molecular complexity index is 1250. The van der Waals surface area contributed by atoms with Crippen molar-refractivity contribution in [3.8, 4) is 11.5 Å². The summed E-state index contributed by atoms with van der Waals surface area (Å²) in [4.78, 5) is 13.2. The molecule has 0 bridgehead atoms. The van der Waals surface area contributed by atoms with Crippen LogP contribution in [0.3, 0.4) is 0 Å². The number of ether oxygens (including phenoxy) is 2. The highest BCUT2D eigenvalue weighted by Gasteiger charge is 2.27. The predicted molar refractivity (Wildman–Crippen MR) is 132 cm³/mol. The van der Waals surface area contributed by atoms with Crippen molar-refractivity contribution in [3.63, 3.8) is 0 Å². The molecular weight excluding hydrogens is 468 g/mol. The van der Waals surface area contributed by atoms with Crippen molar-refractivity contribution >= 4 is 21.6 Å². The van der Waals surface area contributed by atoms with Crippen molar-refractivity contribution in [2.45, 2.75) is 50.7 Å². The topological polar surface area (TPSA) is 98.1 Å². The summed E-state index contributed by atoms with van der Waals surface area (Å²) in [5.41, 5.74) is 0.822. The lowest BCUT2D eigenvalue weighted by atomic mass is 10.2. The van der Waals surface area contributed by atoms with Crippen molar-refractivity contribution in [3.05, 3.63) is 72.2 Å². The fourth-order valence-electron chi connectivity index (χ4n) is 3.88. The molecule has 9 heteroatoms. The fourth-order valence-corrected chi connectivity index (χ4v) is 5.43. The van der Waals surface area contributed by atoms with E-state index in [4.69, 9.17) is 13.9 Å². The third-order valence-electron chi connectivity index (χ3n) is 5.61. The summed E-state index contributed by atoms with van der Waals surface area (Å²) in [6.07, 6.45) is 3.94. The minimum Gasteiger partial charge on any atom is -0.489 e. The van der Waals surface area contributed by atoms with Crippen LogP contribution in [-0.2, 0) is 16.6 Å². The summed E-state index contributed by atoms with van der Waals surface area (Å²) in [5.74, 6) is 0.603. The Morgan fingerprint density at radius 1 is 1.06 bits per heavy atom. The van der Waals surface area contributed by atoms with E-state index in [9.17, 15) is 13.2 Å². The molecule has 2 heterocycles. The zero-order chi connectivity index (χ0) is 24.8. The second-order valence-corrected chi connectivity index (χ2v) is 10.6. The second-order valence-electron chi connectivity index (χ2n) is 8.62. The number of hydrogen-bond donors (Lipinski definition) is 1. The molecular formula is C26H30N2O6S. The number of para-hydroxylation sites is 1. The van der Waals surface area contributed by atoms with Gasteiger partial charge in [-0.3, -0.25) is 4.79 Å². The first kappa shape index (κ1) is 24.8. The highest BCUT2D eigenvalue weighted by Crippen LogP contribution is 2.31. The molecule has 1 aromatic heterocycles. The fraction of sp³-hybridized carbons (Fsp3) is 0.346. The van der Waals surface area contributed by atoms with Crippen LogP contribution in [0.25, 0.3) is 0 Å². The standard InChI is InChI=1S/C26H30N2O6S/c1-19(2)34-24-12-11-22(35(30,31)28-14-7-4-8-15-28)17-23(24)27-26(29)25-20(13-16-32-25)18-33-21-9-5-3-6-10-21/h3,5-6,9-13,16-17,19H,4,7-8,14-15,18H2,1-2H3,(H,27,29). The lowest BCUT2D eigenvalue weighted by Crippen LogP contribution is -2.35. The molecule has 0 atom stereocenters. The number of amides is 1. The smallest absolute Gasteiger partial charge is 0.291 e. The van der Waals surface area contributed by atoms with E-state index in [-0.39, 0.29) is 29.1 Å². The number of piperidine rings is 1. The van der Waals surface area contributed by atoms with Gasteiger partial charge in [0.15, 0.2) is 5.76 Å². The molecule has 0 aliphatic carbocycles. The van der Waals surface area contributed by atoms with Crippen LogP contribution < -0.4 is 14.8 Å². The van der Waals surface area contributed by atoms with Crippen LogP contribution in [0.4, 0.5) is 5.69 Å². The average Bonchev–Trinajstić information content (AvgIpc) is 3.33. The van der Waals surface area contributed by atoms with Crippen LogP contribution >= 0.6 is 0 Å². The third kappa shape index (κ3) is 6.04. The molecule has 1 amide bonds. The molecule has 1 saturated heterocycles. The highest BCUT2D eigenvalue weighted by atomic mass is 32.2. The van der Waals surface area contributed by atoms with Crippen LogP contribution in [0.15, 0.2) is 70.2 Å². The first-order chi connectivity index (χ1) is 16.8. The molecule has 0 saturated carbocycles. The maximum Gasteiger partial charge on any atom is 0.291 e. The molecule has 1 fully saturated rings. The van der Waals surface area contributed by atoms with Gasteiger partial charge < -0.3 is 19.2 Å². The summed E-state index contributed by atoms with van der Waals surface area (Å²) in [6, 6.07) is 15.5. The van der Waals surface area contributed by atoms with E-state index < -0.39 is 15.9 Å². The predicted octanol–water partition coefficient (Wildman–Crippen LogP) is 5.07. The van der Waals surface area contributed by atoms with E-state index in [2.05, 4.69) is 5.32 Å². The lowest BCUT2D eigenvalue weighted by molar-refractivity contribution is 0.0992. The van der Waals surface area contributed by atoms with Gasteiger partial charge in [-0.25, -0.2) is 8.42 Å². The van der Waals surface area contributed by atoms with Crippen molar-refractivity contribution in [1.82, 2.24) is 4.31 Å². The zero-order valence-electron chi connectivity index (χ0n) is 19.9. The van der Waals surface area contributed by atoms with Crippen LogP contribution in [-0.4, -0.2) is 37.8 Å². The maximum absolute atomic E-state index is 13.2. The summed E-state index contributed by atoms with van der Waals surface area (Å²) in [6.45, 7) is 4.84. The van der Waals surface area contributed by atoms with Gasteiger partial charge in [-0.1, -0.05) is 24.6 Å². The van der Waals surface area contributed by atoms with Crippen molar-refractivity contribution in [1.29, 1.82) is 0 Å². The van der Waals surface area contributed by atoms with Gasteiger partial charge in [0.1, 0.15) is 18.1 Å². The van der Waals surface area contributed by atoms with Crippen molar-refractivity contribution in [2.75, 3.05) is 18.4 Å². The molecule has 4 rings (SSSR count). The van der Waals surface area contributed by atoms with Crippen molar-refractivity contribution < 1.29 is 27.1 Å². The van der Waals surface area contributed by atoms with Gasteiger partial charge in [-0.2, -0.15) is 4.31 Å². The Balaban J connectivity index is 1.57. The van der Waals surface area contributed by atoms with Crippen LogP contribution in [0, 0.1) is 0 Å². The minimum absolute atomic E-state index is 0.0840. The SMILES string of the molecule is CC(C)Oc1ccc(S(=O)(=O)N2CCCCC2)cc1NC(=O)c1occc1COc1ccccc1. The lowest BCUT2D eigenvalue weighted by Gasteiger charge is -2.26. The number of carbonyl (C=O) groups is 1. The number of nitrogens with one attached hydrogen (secondary N) is 1. The van der Waals surface area contributed by atoms with Gasteiger partial charge in [-0.15, -0.1) is 0 Å². The van der Waals surface area contributed by atoms with Gasteiger partial charge in [0.2, 0.25) is 10.0 Å². The van der Waals surface area contributed by atoms with Gasteiger partial charge in [0.25, 0.3) is 5.91 Å². The average molecular weight is 499 g/mol. The summed E-state index contributed by atoms with van der Waals surface area (Å²) in [5, 5.41) is 2.78. The molecule has 0 spiro atoms. The Labute approximate surface area is 205 Å². The third-order valence-corrected chi connectivity index (χ3v) is 7.50. The summed E-state index contributed by atoms with van der Waals surface area (Å²) < 4.78 is 44.9. The number of furan rings is 1. The van der Waals surface area contributed by atoms with Crippen molar-refractivity contribution in [2.24, 2.45) is 0 Å². The molecule has 2 aromatic carbocycles. The number of nitrogens with zero attached hydrogens (tertiary/aromatic N) is 1. The van der Waals surface area contributed by atoms with Crippen LogP contribution in [0.5, 0.6) is 11.5 Å². The molecule has 3 aromatic rings.